The molecule has 0 aromatic heterocycles. The van der Waals surface area contributed by atoms with Gasteiger partial charge in [-0.1, -0.05) is 22.0 Å². The molecule has 128 valence electrons. The molecule has 0 aliphatic rings. The minimum atomic E-state index is -3.74. The van der Waals surface area contributed by atoms with Crippen LogP contribution in [0.3, 0.4) is 0 Å². The summed E-state index contributed by atoms with van der Waals surface area (Å²) < 4.78 is 56.8. The van der Waals surface area contributed by atoms with E-state index in [4.69, 9.17) is 4.74 Å². The Morgan fingerprint density at radius 3 is 2.50 bits per heavy atom. The summed E-state index contributed by atoms with van der Waals surface area (Å²) in [7, 11) is -3.74. The van der Waals surface area contributed by atoms with Crippen molar-refractivity contribution in [3.8, 4) is 5.75 Å². The fourth-order valence-electron chi connectivity index (χ4n) is 1.81. The SMILES string of the molecule is CS(=O)(=O)NC(=O)c1ccc(COc2cc(F)cc(Br)c2)c(F)c1. The molecule has 2 aromatic carbocycles. The van der Waals surface area contributed by atoms with Gasteiger partial charge >= 0.3 is 0 Å². The van der Waals surface area contributed by atoms with Crippen molar-refractivity contribution >= 4 is 31.9 Å². The molecule has 5 nitrogen and oxygen atoms in total. The van der Waals surface area contributed by atoms with E-state index in [0.29, 0.717) is 4.47 Å². The van der Waals surface area contributed by atoms with Crippen LogP contribution in [0.4, 0.5) is 8.78 Å². The van der Waals surface area contributed by atoms with Gasteiger partial charge in [-0.15, -0.1) is 0 Å². The van der Waals surface area contributed by atoms with E-state index in [1.165, 1.54) is 24.3 Å². The van der Waals surface area contributed by atoms with Crippen LogP contribution in [-0.2, 0) is 16.6 Å². The molecule has 9 heteroatoms. The molecule has 1 amide bonds. The average molecular weight is 420 g/mol. The van der Waals surface area contributed by atoms with Gasteiger partial charge in [0.1, 0.15) is 24.0 Å². The minimum absolute atomic E-state index is 0.131. The monoisotopic (exact) mass is 419 g/mol. The topological polar surface area (TPSA) is 72.5 Å². The molecular formula is C15H12BrF2NO4S. The van der Waals surface area contributed by atoms with Gasteiger partial charge in [0.2, 0.25) is 10.0 Å². The maximum atomic E-state index is 14.0. The maximum Gasteiger partial charge on any atom is 0.264 e. The number of rotatable bonds is 5. The van der Waals surface area contributed by atoms with Gasteiger partial charge in [0.15, 0.2) is 0 Å². The molecule has 0 radical (unpaired) electrons. The number of amides is 1. The molecule has 24 heavy (non-hydrogen) atoms. The lowest BCUT2D eigenvalue weighted by Crippen LogP contribution is -2.29. The molecule has 0 aliphatic carbocycles. The Morgan fingerprint density at radius 1 is 1.21 bits per heavy atom. The van der Waals surface area contributed by atoms with E-state index in [1.54, 1.807) is 4.72 Å². The second-order valence-corrected chi connectivity index (χ2v) is 7.57. The molecular weight excluding hydrogens is 408 g/mol. The fourth-order valence-corrected chi connectivity index (χ4v) is 2.70. The van der Waals surface area contributed by atoms with Crippen LogP contribution >= 0.6 is 15.9 Å². The van der Waals surface area contributed by atoms with Crippen LogP contribution in [-0.4, -0.2) is 20.6 Å². The van der Waals surface area contributed by atoms with E-state index in [0.717, 1.165) is 18.4 Å². The van der Waals surface area contributed by atoms with Crippen LogP contribution in [0, 0.1) is 11.6 Å². The maximum absolute atomic E-state index is 14.0. The first-order valence-corrected chi connectivity index (χ1v) is 9.22. The standard InChI is InChI=1S/C15H12BrF2NO4S/c1-24(21,22)19-15(20)9-2-3-10(14(18)4-9)8-23-13-6-11(16)5-12(17)7-13/h2-7H,8H2,1H3,(H,19,20). The number of benzene rings is 2. The highest BCUT2D eigenvalue weighted by molar-refractivity contribution is 9.10. The van der Waals surface area contributed by atoms with Crippen molar-refractivity contribution in [1.29, 1.82) is 0 Å². The molecule has 0 atom stereocenters. The summed E-state index contributed by atoms with van der Waals surface area (Å²) in [6, 6.07) is 7.39. The zero-order valence-electron chi connectivity index (χ0n) is 12.3. The van der Waals surface area contributed by atoms with Crippen LogP contribution in [0.1, 0.15) is 15.9 Å². The number of nitrogens with one attached hydrogen (secondary N) is 1. The minimum Gasteiger partial charge on any atom is -0.489 e. The molecule has 0 saturated heterocycles. The van der Waals surface area contributed by atoms with Crippen LogP contribution in [0.5, 0.6) is 5.75 Å². The smallest absolute Gasteiger partial charge is 0.264 e. The molecule has 0 aliphatic heterocycles. The summed E-state index contributed by atoms with van der Waals surface area (Å²) in [5.74, 6) is -1.97. The van der Waals surface area contributed by atoms with Gasteiger partial charge in [-0.2, -0.15) is 0 Å². The molecule has 0 spiro atoms. The first kappa shape index (κ1) is 18.3. The quantitative estimate of drug-likeness (QED) is 0.808. The molecule has 1 N–H and O–H groups in total. The van der Waals surface area contributed by atoms with Gasteiger partial charge < -0.3 is 4.74 Å². The zero-order valence-corrected chi connectivity index (χ0v) is 14.7. The molecule has 2 rings (SSSR count). The van der Waals surface area contributed by atoms with Gasteiger partial charge in [0.05, 0.1) is 6.26 Å². The third-order valence-electron chi connectivity index (χ3n) is 2.82. The normalized spacial score (nSPS) is 11.2. The van der Waals surface area contributed by atoms with E-state index < -0.39 is 27.6 Å². The van der Waals surface area contributed by atoms with E-state index in [1.807, 2.05) is 0 Å². The number of carbonyl (C=O) groups excluding carboxylic acids is 1. The van der Waals surface area contributed by atoms with Gasteiger partial charge in [-0.05, 0) is 24.3 Å². The van der Waals surface area contributed by atoms with Crippen molar-refractivity contribution in [2.45, 2.75) is 6.61 Å². The lowest BCUT2D eigenvalue weighted by molar-refractivity contribution is 0.0981. The van der Waals surface area contributed by atoms with Crippen molar-refractivity contribution in [3.05, 3.63) is 63.6 Å². The Labute approximate surface area is 145 Å². The molecule has 0 unspecified atom stereocenters. The number of sulfonamides is 1. The van der Waals surface area contributed by atoms with Crippen LogP contribution < -0.4 is 9.46 Å². The second-order valence-electron chi connectivity index (χ2n) is 4.90. The Balaban J connectivity index is 2.11. The first-order chi connectivity index (χ1) is 11.1. The lowest BCUT2D eigenvalue weighted by Gasteiger charge is -2.09. The summed E-state index contributed by atoms with van der Waals surface area (Å²) in [5.41, 5.74) is -0.0125. The van der Waals surface area contributed by atoms with Gasteiger partial charge in [0, 0.05) is 21.7 Å². The Hall–Kier alpha value is -2.00. The highest BCUT2D eigenvalue weighted by Crippen LogP contribution is 2.22. The van der Waals surface area contributed by atoms with E-state index in [-0.39, 0.29) is 23.5 Å². The first-order valence-electron chi connectivity index (χ1n) is 6.53. The number of hydrogen-bond donors (Lipinski definition) is 1. The van der Waals surface area contributed by atoms with Gasteiger partial charge in [-0.3, -0.25) is 4.79 Å². The number of ether oxygens (including phenoxy) is 1. The number of carbonyl (C=O) groups is 1. The zero-order chi connectivity index (χ0) is 17.9. The Morgan fingerprint density at radius 2 is 1.92 bits per heavy atom. The fraction of sp³-hybridized carbons (Fsp3) is 0.133. The van der Waals surface area contributed by atoms with Crippen LogP contribution in [0.25, 0.3) is 0 Å². The summed E-state index contributed by atoms with van der Waals surface area (Å²) in [4.78, 5) is 11.6. The number of hydrogen-bond acceptors (Lipinski definition) is 4. The molecule has 0 bridgehead atoms. The van der Waals surface area contributed by atoms with Crippen molar-refractivity contribution in [3.63, 3.8) is 0 Å². The molecule has 2 aromatic rings. The Kier molecular flexibility index (Phi) is 5.55. The molecule has 0 saturated carbocycles. The van der Waals surface area contributed by atoms with Crippen molar-refractivity contribution in [1.82, 2.24) is 4.72 Å². The van der Waals surface area contributed by atoms with E-state index in [9.17, 15) is 22.0 Å². The largest absolute Gasteiger partial charge is 0.489 e. The van der Waals surface area contributed by atoms with Crippen molar-refractivity contribution in [2.24, 2.45) is 0 Å². The van der Waals surface area contributed by atoms with Crippen LogP contribution in [0.2, 0.25) is 0 Å². The summed E-state index contributed by atoms with van der Waals surface area (Å²) in [5, 5.41) is 0. The summed E-state index contributed by atoms with van der Waals surface area (Å²) in [6.07, 6.45) is 0.820. The average Bonchev–Trinajstić information content (AvgIpc) is 2.43. The third-order valence-corrected chi connectivity index (χ3v) is 3.84. The van der Waals surface area contributed by atoms with Crippen molar-refractivity contribution < 1.29 is 26.7 Å². The van der Waals surface area contributed by atoms with Crippen LogP contribution in [0.15, 0.2) is 40.9 Å². The van der Waals surface area contributed by atoms with E-state index >= 15 is 0 Å². The van der Waals surface area contributed by atoms with Gasteiger partial charge in [0.25, 0.3) is 5.91 Å². The lowest BCUT2D eigenvalue weighted by atomic mass is 10.1. The van der Waals surface area contributed by atoms with Gasteiger partial charge in [-0.25, -0.2) is 21.9 Å². The number of halogens is 3. The third kappa shape index (κ3) is 5.27. The predicted octanol–water partition coefficient (Wildman–Crippen LogP) is 3.00. The molecule has 0 heterocycles. The van der Waals surface area contributed by atoms with Crippen molar-refractivity contribution in [2.75, 3.05) is 6.26 Å². The Bertz CT molecular complexity index is 867. The second kappa shape index (κ2) is 7.27. The van der Waals surface area contributed by atoms with E-state index in [2.05, 4.69) is 15.9 Å². The summed E-state index contributed by atoms with van der Waals surface area (Å²) >= 11 is 3.12. The molecule has 0 fully saturated rings. The highest BCUT2D eigenvalue weighted by atomic mass is 79.9. The summed E-state index contributed by atoms with van der Waals surface area (Å²) in [6.45, 7) is -0.185. The highest BCUT2D eigenvalue weighted by Gasteiger charge is 2.14. The predicted molar refractivity (Wildman–Crippen MR) is 87.1 cm³/mol.